The first-order valence-corrected chi connectivity index (χ1v) is 6.28. The van der Waals surface area contributed by atoms with Crippen LogP contribution < -0.4 is 0 Å². The van der Waals surface area contributed by atoms with E-state index in [0.29, 0.717) is 5.56 Å². The maximum Gasteiger partial charge on any atom is 0.335 e. The van der Waals surface area contributed by atoms with Crippen LogP contribution in [0.4, 0.5) is 0 Å². The lowest BCUT2D eigenvalue weighted by molar-refractivity contribution is 0.0696. The Morgan fingerprint density at radius 1 is 1.29 bits per heavy atom. The van der Waals surface area contributed by atoms with E-state index in [1.54, 1.807) is 6.07 Å². The van der Waals surface area contributed by atoms with Gasteiger partial charge in [0.05, 0.1) is 5.56 Å². The molecule has 0 aliphatic carbocycles. The zero-order valence-electron chi connectivity index (χ0n) is 10.3. The third kappa shape index (κ3) is 2.86. The first-order valence-electron chi connectivity index (χ1n) is 6.28. The fraction of sp³-hybridized carbons (Fsp3) is 0.500. The second-order valence-corrected chi connectivity index (χ2v) is 4.71. The van der Waals surface area contributed by atoms with Gasteiger partial charge in [0.2, 0.25) is 0 Å². The topological polar surface area (TPSA) is 40.5 Å². The van der Waals surface area contributed by atoms with Crippen molar-refractivity contribution in [3.63, 3.8) is 0 Å². The van der Waals surface area contributed by atoms with Crippen molar-refractivity contribution in [1.29, 1.82) is 0 Å². The molecule has 92 valence electrons. The van der Waals surface area contributed by atoms with Crippen LogP contribution in [0, 0.1) is 0 Å². The molecule has 1 aromatic rings. The fourth-order valence-corrected chi connectivity index (χ4v) is 2.34. The van der Waals surface area contributed by atoms with E-state index in [-0.39, 0.29) is 0 Å². The molecule has 0 saturated carbocycles. The molecule has 1 aromatic carbocycles. The van der Waals surface area contributed by atoms with E-state index in [9.17, 15) is 4.79 Å². The Bertz CT molecular complexity index is 415. The van der Waals surface area contributed by atoms with Crippen LogP contribution in [0.2, 0.25) is 0 Å². The standard InChI is InChI=1S/C14H19NO2/c1-2-3-4-7-15-9-12-6-5-11(14(16)17)8-13(12)10-15/h5-6,8H,2-4,7,9-10H2,1H3,(H,16,17). The summed E-state index contributed by atoms with van der Waals surface area (Å²) in [5.41, 5.74) is 2.87. The summed E-state index contributed by atoms with van der Waals surface area (Å²) >= 11 is 0. The van der Waals surface area contributed by atoms with Crippen molar-refractivity contribution in [1.82, 2.24) is 4.90 Å². The highest BCUT2D eigenvalue weighted by Crippen LogP contribution is 2.24. The molecule has 0 amide bonds. The Labute approximate surface area is 102 Å². The fourth-order valence-electron chi connectivity index (χ4n) is 2.34. The van der Waals surface area contributed by atoms with Gasteiger partial charge in [-0.15, -0.1) is 0 Å². The normalized spacial score (nSPS) is 14.9. The van der Waals surface area contributed by atoms with Gasteiger partial charge >= 0.3 is 5.97 Å². The largest absolute Gasteiger partial charge is 0.478 e. The molecule has 0 bridgehead atoms. The van der Waals surface area contributed by atoms with Gasteiger partial charge in [0.15, 0.2) is 0 Å². The maximum absolute atomic E-state index is 10.9. The molecule has 2 rings (SSSR count). The van der Waals surface area contributed by atoms with Gasteiger partial charge in [-0.25, -0.2) is 4.79 Å². The van der Waals surface area contributed by atoms with E-state index in [1.165, 1.54) is 30.4 Å². The average molecular weight is 233 g/mol. The van der Waals surface area contributed by atoms with Crippen molar-refractivity contribution < 1.29 is 9.90 Å². The number of rotatable bonds is 5. The molecular weight excluding hydrogens is 214 g/mol. The molecule has 1 aliphatic rings. The summed E-state index contributed by atoms with van der Waals surface area (Å²) in [7, 11) is 0. The molecule has 0 saturated heterocycles. The van der Waals surface area contributed by atoms with Crippen LogP contribution in [0.25, 0.3) is 0 Å². The van der Waals surface area contributed by atoms with Crippen molar-refractivity contribution in [2.24, 2.45) is 0 Å². The second-order valence-electron chi connectivity index (χ2n) is 4.71. The number of carboxylic acid groups (broad SMARTS) is 1. The van der Waals surface area contributed by atoms with E-state index >= 15 is 0 Å². The molecule has 17 heavy (non-hydrogen) atoms. The molecule has 3 heteroatoms. The second kappa shape index (κ2) is 5.32. The smallest absolute Gasteiger partial charge is 0.335 e. The van der Waals surface area contributed by atoms with Gasteiger partial charge in [-0.3, -0.25) is 4.90 Å². The predicted molar refractivity (Wildman–Crippen MR) is 67.0 cm³/mol. The summed E-state index contributed by atoms with van der Waals surface area (Å²) in [5, 5.41) is 8.94. The lowest BCUT2D eigenvalue weighted by atomic mass is 10.1. The number of nitrogens with zero attached hydrogens (tertiary/aromatic N) is 1. The average Bonchev–Trinajstić information content (AvgIpc) is 2.70. The Kier molecular flexibility index (Phi) is 3.79. The lowest BCUT2D eigenvalue weighted by Crippen LogP contribution is -2.17. The van der Waals surface area contributed by atoms with Crippen LogP contribution in [0.1, 0.15) is 47.7 Å². The van der Waals surface area contributed by atoms with E-state index in [0.717, 1.165) is 19.6 Å². The molecule has 0 fully saturated rings. The van der Waals surface area contributed by atoms with Crippen molar-refractivity contribution >= 4 is 5.97 Å². The summed E-state index contributed by atoms with van der Waals surface area (Å²) in [5.74, 6) is -0.836. The maximum atomic E-state index is 10.9. The molecule has 0 spiro atoms. The Morgan fingerprint density at radius 3 is 2.76 bits per heavy atom. The van der Waals surface area contributed by atoms with E-state index < -0.39 is 5.97 Å². The Hall–Kier alpha value is -1.35. The quantitative estimate of drug-likeness (QED) is 0.795. The van der Waals surface area contributed by atoms with Gasteiger partial charge in [0, 0.05) is 13.1 Å². The number of hydrogen-bond acceptors (Lipinski definition) is 2. The highest BCUT2D eigenvalue weighted by atomic mass is 16.4. The third-order valence-electron chi connectivity index (χ3n) is 3.32. The lowest BCUT2D eigenvalue weighted by Gasteiger charge is -2.13. The van der Waals surface area contributed by atoms with Crippen LogP contribution >= 0.6 is 0 Å². The molecule has 1 heterocycles. The van der Waals surface area contributed by atoms with Crippen molar-refractivity contribution in [3.05, 3.63) is 34.9 Å². The molecular formula is C14H19NO2. The van der Waals surface area contributed by atoms with Crippen molar-refractivity contribution in [2.75, 3.05) is 6.54 Å². The summed E-state index contributed by atoms with van der Waals surface area (Å²) in [6.07, 6.45) is 3.74. The molecule has 1 N–H and O–H groups in total. The highest BCUT2D eigenvalue weighted by molar-refractivity contribution is 5.87. The van der Waals surface area contributed by atoms with Crippen LogP contribution in [0.5, 0.6) is 0 Å². The minimum atomic E-state index is -0.836. The third-order valence-corrected chi connectivity index (χ3v) is 3.32. The monoisotopic (exact) mass is 233 g/mol. The molecule has 0 aromatic heterocycles. The van der Waals surface area contributed by atoms with E-state index in [4.69, 9.17) is 5.11 Å². The minimum absolute atomic E-state index is 0.402. The van der Waals surface area contributed by atoms with Gasteiger partial charge in [-0.2, -0.15) is 0 Å². The van der Waals surface area contributed by atoms with Gasteiger partial charge in [0.1, 0.15) is 0 Å². The van der Waals surface area contributed by atoms with Gasteiger partial charge in [-0.05, 0) is 36.2 Å². The van der Waals surface area contributed by atoms with Gasteiger partial charge in [0.25, 0.3) is 0 Å². The van der Waals surface area contributed by atoms with Crippen LogP contribution in [-0.4, -0.2) is 22.5 Å². The summed E-state index contributed by atoms with van der Waals surface area (Å²) < 4.78 is 0. The first-order chi connectivity index (χ1) is 8.20. The van der Waals surface area contributed by atoms with Crippen molar-refractivity contribution in [2.45, 2.75) is 39.3 Å². The molecule has 0 atom stereocenters. The number of aromatic carboxylic acids is 1. The zero-order chi connectivity index (χ0) is 12.3. The predicted octanol–water partition coefficient (Wildman–Crippen LogP) is 2.89. The van der Waals surface area contributed by atoms with Crippen LogP contribution in [0.3, 0.4) is 0 Å². The number of benzene rings is 1. The SMILES string of the molecule is CCCCCN1Cc2ccc(C(=O)O)cc2C1. The number of hydrogen-bond donors (Lipinski definition) is 1. The molecule has 0 radical (unpaired) electrons. The van der Waals surface area contributed by atoms with E-state index in [1.807, 2.05) is 12.1 Å². The number of fused-ring (bicyclic) bond motifs is 1. The minimum Gasteiger partial charge on any atom is -0.478 e. The van der Waals surface area contributed by atoms with Gasteiger partial charge < -0.3 is 5.11 Å². The van der Waals surface area contributed by atoms with E-state index in [2.05, 4.69) is 11.8 Å². The summed E-state index contributed by atoms with van der Waals surface area (Å²) in [6, 6.07) is 5.48. The molecule has 0 unspecified atom stereocenters. The van der Waals surface area contributed by atoms with Crippen LogP contribution in [0.15, 0.2) is 18.2 Å². The van der Waals surface area contributed by atoms with Gasteiger partial charge in [-0.1, -0.05) is 25.8 Å². The first kappa shape index (κ1) is 12.1. The Morgan fingerprint density at radius 2 is 2.06 bits per heavy atom. The number of unbranched alkanes of at least 4 members (excludes halogenated alkanes) is 2. The summed E-state index contributed by atoms with van der Waals surface area (Å²) in [4.78, 5) is 13.3. The molecule has 1 aliphatic heterocycles. The van der Waals surface area contributed by atoms with Crippen molar-refractivity contribution in [3.8, 4) is 0 Å². The Balaban J connectivity index is 1.99. The summed E-state index contributed by atoms with van der Waals surface area (Å²) in [6.45, 7) is 5.20. The number of carbonyl (C=O) groups is 1. The van der Waals surface area contributed by atoms with Crippen LogP contribution in [-0.2, 0) is 13.1 Å². The number of carboxylic acids is 1. The highest BCUT2D eigenvalue weighted by Gasteiger charge is 2.19. The molecule has 3 nitrogen and oxygen atoms in total. The zero-order valence-corrected chi connectivity index (χ0v) is 10.3.